The summed E-state index contributed by atoms with van der Waals surface area (Å²) >= 11 is 0. The molecule has 0 amide bonds. The van der Waals surface area contributed by atoms with Crippen molar-refractivity contribution in [3.8, 4) is 0 Å². The van der Waals surface area contributed by atoms with Gasteiger partial charge in [-0.1, -0.05) is 0 Å². The molecule has 0 aliphatic heterocycles. The standard InChI is InChI=1S/2Ce.4O/q2*+4;4*-2. The number of hydrogen-bond acceptors (Lipinski definition) is 0. The second kappa shape index (κ2) is 49.1. The molecule has 0 aliphatic rings. The van der Waals surface area contributed by atoms with Gasteiger partial charge < -0.3 is 21.9 Å². The first kappa shape index (κ1) is 73.7. The molecule has 0 heterocycles. The Morgan fingerprint density at radius 2 is 0.333 bits per heavy atom. The van der Waals surface area contributed by atoms with E-state index in [4.69, 9.17) is 0 Å². The summed E-state index contributed by atoms with van der Waals surface area (Å²) in [7, 11) is 0. The van der Waals surface area contributed by atoms with Crippen LogP contribution in [0.1, 0.15) is 0 Å². The van der Waals surface area contributed by atoms with Crippen LogP contribution in [-0.4, -0.2) is 0 Å². The van der Waals surface area contributed by atoms with E-state index in [0.717, 1.165) is 0 Å². The molecule has 0 aromatic rings. The van der Waals surface area contributed by atoms with Gasteiger partial charge in [-0.2, -0.15) is 0 Å². The predicted molar refractivity (Wildman–Crippen MR) is 2.75 cm³/mol. The van der Waals surface area contributed by atoms with Crippen LogP contribution in [0.15, 0.2) is 0 Å². The predicted octanol–water partition coefficient (Wildman–Crippen LogP) is -0.475. The molecule has 0 atom stereocenters. The number of hydrogen-bond donors (Lipinski definition) is 0. The van der Waals surface area contributed by atoms with Crippen LogP contribution >= 0.6 is 0 Å². The van der Waals surface area contributed by atoms with Crippen LogP contribution in [0.3, 0.4) is 0 Å². The Morgan fingerprint density at radius 1 is 0.333 bits per heavy atom. The fourth-order valence-electron chi connectivity index (χ4n) is 0. The summed E-state index contributed by atoms with van der Waals surface area (Å²) in [5, 5.41) is 0. The van der Waals surface area contributed by atoms with Crippen molar-refractivity contribution < 1.29 is 105 Å². The average Bonchev–Trinajstić information content (AvgIpc) is 0. The molecule has 0 saturated carbocycles. The summed E-state index contributed by atoms with van der Waals surface area (Å²) in [6.45, 7) is 0. The van der Waals surface area contributed by atoms with E-state index in [1.807, 2.05) is 0 Å². The third-order valence-corrected chi connectivity index (χ3v) is 0. The summed E-state index contributed by atoms with van der Waals surface area (Å²) in [6.07, 6.45) is 0. The monoisotopic (exact) mass is 344 g/mol. The molecule has 32 valence electrons. The molecule has 6 heavy (non-hydrogen) atoms. The quantitative estimate of drug-likeness (QED) is 0.565. The molecule has 6 heteroatoms. The van der Waals surface area contributed by atoms with E-state index in [9.17, 15) is 0 Å². The molecule has 0 spiro atoms. The Labute approximate surface area is 103 Å². The molecule has 0 aromatic heterocycles. The Hall–Kier alpha value is 2.59. The van der Waals surface area contributed by atoms with Crippen LogP contribution in [-0.2, 0) is 21.9 Å². The Kier molecular flexibility index (Phi) is 603. The Bertz CT molecular complexity index is 5.51. The first-order chi connectivity index (χ1) is 0. The maximum absolute atomic E-state index is 0. The second-order valence-corrected chi connectivity index (χ2v) is 0. The maximum atomic E-state index is 0. The summed E-state index contributed by atoms with van der Waals surface area (Å²) in [5.41, 5.74) is 0. The Balaban J connectivity index is 0. The molecule has 0 aromatic carbocycles. The van der Waals surface area contributed by atoms with Crippen LogP contribution in [0.25, 0.3) is 0 Å². The minimum absolute atomic E-state index is 0. The smallest absolute Gasteiger partial charge is 2.00 e. The van der Waals surface area contributed by atoms with Gasteiger partial charge in [-0.15, -0.1) is 0 Å². The SMILES string of the molecule is [Ce+4].[Ce+4].[O-2].[O-2].[O-2].[O-2]. The van der Waals surface area contributed by atoms with Crippen molar-refractivity contribution in [2.75, 3.05) is 0 Å². The van der Waals surface area contributed by atoms with Crippen molar-refractivity contribution in [1.82, 2.24) is 0 Å². The minimum Gasteiger partial charge on any atom is -2.00 e. The normalized spacial score (nSPS) is 0. The van der Waals surface area contributed by atoms with Crippen LogP contribution < -0.4 is 0 Å². The van der Waals surface area contributed by atoms with Crippen molar-refractivity contribution in [2.45, 2.75) is 0 Å². The molecule has 0 N–H and O–H groups in total. The molecule has 0 radical (unpaired) electrons. The zero-order valence-corrected chi connectivity index (χ0v) is 8.91. The van der Waals surface area contributed by atoms with Gasteiger partial charge in [0, 0.05) is 0 Å². The minimum atomic E-state index is 0. The third-order valence-electron chi connectivity index (χ3n) is 0. The molecule has 0 bridgehead atoms. The van der Waals surface area contributed by atoms with Crippen molar-refractivity contribution in [3.63, 3.8) is 0 Å². The van der Waals surface area contributed by atoms with E-state index < -0.39 is 0 Å². The fourth-order valence-corrected chi connectivity index (χ4v) is 0. The van der Waals surface area contributed by atoms with E-state index >= 15 is 0 Å². The van der Waals surface area contributed by atoms with Crippen LogP contribution in [0.2, 0.25) is 0 Å². The fraction of sp³-hybridized carbons (Fsp3) is 0. The molecule has 0 saturated heterocycles. The van der Waals surface area contributed by atoms with E-state index in [2.05, 4.69) is 0 Å². The topological polar surface area (TPSA) is 114 Å². The van der Waals surface area contributed by atoms with E-state index in [1.54, 1.807) is 0 Å². The van der Waals surface area contributed by atoms with Gasteiger partial charge in [0.05, 0.1) is 0 Å². The summed E-state index contributed by atoms with van der Waals surface area (Å²) in [6, 6.07) is 0. The van der Waals surface area contributed by atoms with Gasteiger partial charge in [-0.05, 0) is 0 Å². The van der Waals surface area contributed by atoms with Crippen molar-refractivity contribution >= 4 is 0 Å². The van der Waals surface area contributed by atoms with E-state index in [1.165, 1.54) is 0 Å². The van der Waals surface area contributed by atoms with Gasteiger partial charge in [0.2, 0.25) is 0 Å². The molecule has 0 unspecified atom stereocenters. The molecule has 0 aliphatic carbocycles. The summed E-state index contributed by atoms with van der Waals surface area (Å²) in [5.74, 6) is 0. The molecule has 4 nitrogen and oxygen atoms in total. The molecule has 0 fully saturated rings. The maximum Gasteiger partial charge on any atom is 4.00 e. The van der Waals surface area contributed by atoms with E-state index in [0.29, 0.717) is 0 Å². The van der Waals surface area contributed by atoms with Crippen LogP contribution in [0.4, 0.5) is 0 Å². The van der Waals surface area contributed by atoms with Crippen molar-refractivity contribution in [2.24, 2.45) is 0 Å². The zero-order chi connectivity index (χ0) is 0. The van der Waals surface area contributed by atoms with Crippen LogP contribution in [0, 0.1) is 83.5 Å². The summed E-state index contributed by atoms with van der Waals surface area (Å²) < 4.78 is 0. The van der Waals surface area contributed by atoms with Crippen molar-refractivity contribution in [3.05, 3.63) is 0 Å². The third kappa shape index (κ3) is 30.7. The largest absolute Gasteiger partial charge is 4.00 e. The second-order valence-electron chi connectivity index (χ2n) is 0. The average molecular weight is 344 g/mol. The summed E-state index contributed by atoms with van der Waals surface area (Å²) in [4.78, 5) is 0. The Morgan fingerprint density at radius 3 is 0.333 bits per heavy atom. The molecule has 0 rings (SSSR count). The number of rotatable bonds is 0. The molecular formula is Ce2O4. The first-order valence-corrected chi connectivity index (χ1v) is 0. The molecular weight excluding hydrogens is 344 g/mol. The van der Waals surface area contributed by atoms with Gasteiger partial charge in [-0.3, -0.25) is 0 Å². The van der Waals surface area contributed by atoms with Gasteiger partial charge in [-0.25, -0.2) is 0 Å². The van der Waals surface area contributed by atoms with Gasteiger partial charge in [0.1, 0.15) is 0 Å². The van der Waals surface area contributed by atoms with E-state index in [-0.39, 0.29) is 105 Å². The van der Waals surface area contributed by atoms with Gasteiger partial charge in [0.25, 0.3) is 0 Å². The first-order valence-electron chi connectivity index (χ1n) is 0. The van der Waals surface area contributed by atoms with Crippen LogP contribution in [0.5, 0.6) is 0 Å². The van der Waals surface area contributed by atoms with Gasteiger partial charge in [0.15, 0.2) is 0 Å². The van der Waals surface area contributed by atoms with Gasteiger partial charge >= 0.3 is 83.5 Å². The van der Waals surface area contributed by atoms with Crippen molar-refractivity contribution in [1.29, 1.82) is 0 Å². The zero-order valence-electron chi connectivity index (χ0n) is 2.63.